The van der Waals surface area contributed by atoms with Crippen molar-refractivity contribution in [3.05, 3.63) is 51.4 Å². The fourth-order valence-electron chi connectivity index (χ4n) is 3.99. The number of aryl methyl sites for hydroxylation is 2. The summed E-state index contributed by atoms with van der Waals surface area (Å²) in [6.45, 7) is 4.57. The second-order valence-electron chi connectivity index (χ2n) is 8.09. The lowest BCUT2D eigenvalue weighted by Gasteiger charge is -2.15. The number of carbonyl (C=O) groups is 1. The van der Waals surface area contributed by atoms with Crippen molar-refractivity contribution < 1.29 is 22.7 Å². The summed E-state index contributed by atoms with van der Waals surface area (Å²) < 4.78 is 48.4. The lowest BCUT2D eigenvalue weighted by Crippen LogP contribution is -2.28. The summed E-state index contributed by atoms with van der Waals surface area (Å²) in [6.07, 6.45) is -3.50. The Balaban J connectivity index is 0.000000527. The highest BCUT2D eigenvalue weighted by Crippen LogP contribution is 2.42. The van der Waals surface area contributed by atoms with Crippen LogP contribution in [-0.2, 0) is 22.8 Å². The molecule has 182 valence electrons. The van der Waals surface area contributed by atoms with E-state index in [9.17, 15) is 22.8 Å². The molecule has 0 aliphatic heterocycles. The van der Waals surface area contributed by atoms with Crippen LogP contribution in [0.5, 0.6) is 0 Å². The molecular formula is C24H21F3N4O3S. The van der Waals surface area contributed by atoms with Crippen LogP contribution >= 0.6 is 11.3 Å². The lowest BCUT2D eigenvalue weighted by atomic mass is 10.1. The number of thiophene rings is 1. The number of nitriles is 1. The Labute approximate surface area is 202 Å². The van der Waals surface area contributed by atoms with E-state index in [1.165, 1.54) is 11.3 Å². The number of hydrogen-bond donors (Lipinski definition) is 0. The first kappa shape index (κ1) is 24.5. The molecule has 0 radical (unpaired) electrons. The van der Waals surface area contributed by atoms with Gasteiger partial charge in [0.25, 0.3) is 12.0 Å². The molecule has 7 nitrogen and oxygen atoms in total. The second kappa shape index (κ2) is 9.19. The van der Waals surface area contributed by atoms with Gasteiger partial charge in [-0.05, 0) is 55.8 Å². The maximum atomic E-state index is 13.6. The zero-order valence-electron chi connectivity index (χ0n) is 19.1. The smallest absolute Gasteiger partial charge is 0.431 e. The molecule has 1 fully saturated rings. The number of nitrogens with zero attached hydrogens (tertiary/aromatic N) is 4. The van der Waals surface area contributed by atoms with Crippen LogP contribution < -0.4 is 5.56 Å². The lowest BCUT2D eigenvalue weighted by molar-refractivity contribution is -0.144. The van der Waals surface area contributed by atoms with E-state index < -0.39 is 23.5 Å². The van der Waals surface area contributed by atoms with Gasteiger partial charge in [-0.25, -0.2) is 4.98 Å². The molecule has 0 N–H and O–H groups in total. The predicted molar refractivity (Wildman–Crippen MR) is 126 cm³/mol. The molecule has 1 aromatic carbocycles. The van der Waals surface area contributed by atoms with E-state index in [1.807, 2.05) is 13.0 Å². The van der Waals surface area contributed by atoms with Crippen LogP contribution in [0.1, 0.15) is 42.6 Å². The van der Waals surface area contributed by atoms with Gasteiger partial charge in [-0.15, -0.1) is 11.3 Å². The number of aromatic nitrogens is 3. The fraction of sp³-hybridized carbons (Fsp3) is 0.333. The van der Waals surface area contributed by atoms with Crippen molar-refractivity contribution in [2.45, 2.75) is 38.9 Å². The van der Waals surface area contributed by atoms with Gasteiger partial charge in [0.05, 0.1) is 28.6 Å². The number of benzene rings is 1. The third kappa shape index (κ3) is 4.41. The minimum absolute atomic E-state index is 0.0382. The Morgan fingerprint density at radius 3 is 2.57 bits per heavy atom. The van der Waals surface area contributed by atoms with Crippen molar-refractivity contribution >= 4 is 38.9 Å². The third-order valence-corrected chi connectivity index (χ3v) is 7.03. The Morgan fingerprint density at radius 2 is 2.03 bits per heavy atom. The first-order valence-corrected chi connectivity index (χ1v) is 11.6. The minimum Gasteiger partial charge on any atom is -0.468 e. The van der Waals surface area contributed by atoms with Crippen molar-refractivity contribution in [1.82, 2.24) is 14.1 Å². The summed E-state index contributed by atoms with van der Waals surface area (Å²) in [5.74, 6) is 0.445. The van der Waals surface area contributed by atoms with Gasteiger partial charge in [-0.2, -0.15) is 18.4 Å². The van der Waals surface area contributed by atoms with Crippen LogP contribution in [0.4, 0.5) is 13.2 Å². The van der Waals surface area contributed by atoms with Gasteiger partial charge >= 0.3 is 6.18 Å². The molecule has 5 rings (SSSR count). The SMILES string of the molecule is CCOC=O.Cc1c(-c2nc3cc(C(F)(F)F)n(C4CC4)c(=O)c3n2C)sc2cc(C#N)ccc12. The van der Waals surface area contributed by atoms with Crippen LogP contribution in [0.25, 0.3) is 31.8 Å². The Hall–Kier alpha value is -3.65. The molecule has 1 aliphatic rings. The van der Waals surface area contributed by atoms with E-state index in [1.54, 1.807) is 30.7 Å². The largest absolute Gasteiger partial charge is 0.468 e. The highest BCUT2D eigenvalue weighted by Gasteiger charge is 2.40. The number of imidazole rings is 1. The van der Waals surface area contributed by atoms with Gasteiger partial charge in [0, 0.05) is 17.8 Å². The van der Waals surface area contributed by atoms with Crippen molar-refractivity contribution in [2.75, 3.05) is 6.61 Å². The topological polar surface area (TPSA) is 89.9 Å². The van der Waals surface area contributed by atoms with Crippen molar-refractivity contribution in [3.8, 4) is 16.8 Å². The standard InChI is InChI=1S/C21H15F3N4OS.C3H6O2/c1-10-13-6-3-11(9-25)7-15(13)30-18(10)19-26-14-8-16(21(22,23)24)28(12-4-5-12)20(29)17(14)27(19)2;1-2-5-3-4/h3,6-8,12H,4-5H2,1-2H3;3H,2H2,1H3. The maximum Gasteiger partial charge on any atom is 0.431 e. The van der Waals surface area contributed by atoms with Crippen molar-refractivity contribution in [3.63, 3.8) is 0 Å². The number of carbonyl (C=O) groups excluding carboxylic acids is 1. The summed E-state index contributed by atoms with van der Waals surface area (Å²) >= 11 is 1.41. The molecule has 0 saturated heterocycles. The first-order chi connectivity index (χ1) is 16.6. The van der Waals surface area contributed by atoms with E-state index in [-0.39, 0.29) is 11.0 Å². The molecule has 1 aliphatic carbocycles. The number of fused-ring (bicyclic) bond motifs is 2. The average Bonchev–Trinajstić information content (AvgIpc) is 3.52. The highest BCUT2D eigenvalue weighted by molar-refractivity contribution is 7.22. The van der Waals surface area contributed by atoms with E-state index in [4.69, 9.17) is 5.26 Å². The number of halogens is 3. The van der Waals surface area contributed by atoms with Gasteiger partial charge in [0.2, 0.25) is 0 Å². The van der Waals surface area contributed by atoms with E-state index in [0.29, 0.717) is 37.3 Å². The van der Waals surface area contributed by atoms with Crippen molar-refractivity contribution in [2.24, 2.45) is 7.05 Å². The molecule has 0 atom stereocenters. The fourth-order valence-corrected chi connectivity index (χ4v) is 5.26. The normalized spacial score (nSPS) is 13.4. The summed E-state index contributed by atoms with van der Waals surface area (Å²) in [7, 11) is 1.65. The van der Waals surface area contributed by atoms with E-state index >= 15 is 0 Å². The minimum atomic E-state index is -4.63. The quantitative estimate of drug-likeness (QED) is 0.352. The molecule has 0 spiro atoms. The zero-order chi connectivity index (χ0) is 25.5. The molecule has 4 aromatic rings. The Bertz CT molecular complexity index is 1540. The average molecular weight is 503 g/mol. The summed E-state index contributed by atoms with van der Waals surface area (Å²) in [5.41, 5.74) is 0.0441. The van der Waals surface area contributed by atoms with E-state index in [0.717, 1.165) is 31.2 Å². The Morgan fingerprint density at radius 1 is 1.31 bits per heavy atom. The Kier molecular flexibility index (Phi) is 6.42. The maximum absolute atomic E-state index is 13.6. The van der Waals surface area contributed by atoms with Gasteiger partial charge in [-0.3, -0.25) is 14.2 Å². The van der Waals surface area contributed by atoms with Crippen LogP contribution in [0.15, 0.2) is 29.1 Å². The second-order valence-corrected chi connectivity index (χ2v) is 9.14. The van der Waals surface area contributed by atoms with Gasteiger partial charge < -0.3 is 9.30 Å². The third-order valence-electron chi connectivity index (χ3n) is 5.78. The van der Waals surface area contributed by atoms with Gasteiger partial charge in [-0.1, -0.05) is 6.07 Å². The number of alkyl halides is 3. The van der Waals surface area contributed by atoms with Gasteiger partial charge in [0.1, 0.15) is 11.2 Å². The highest BCUT2D eigenvalue weighted by atomic mass is 32.1. The molecule has 1 saturated carbocycles. The molecule has 11 heteroatoms. The molecule has 0 unspecified atom stereocenters. The predicted octanol–water partition coefficient (Wildman–Crippen LogP) is 5.33. The first-order valence-electron chi connectivity index (χ1n) is 10.8. The number of ether oxygens (including phenoxy) is 1. The van der Waals surface area contributed by atoms with Crippen LogP contribution in [-0.4, -0.2) is 27.2 Å². The van der Waals surface area contributed by atoms with E-state index in [2.05, 4.69) is 15.8 Å². The number of pyridine rings is 1. The van der Waals surface area contributed by atoms with Crippen molar-refractivity contribution in [1.29, 1.82) is 5.26 Å². The molecule has 0 amide bonds. The molecule has 3 heterocycles. The van der Waals surface area contributed by atoms with Crippen LogP contribution in [0.3, 0.4) is 0 Å². The number of hydrogen-bond acceptors (Lipinski definition) is 6. The summed E-state index contributed by atoms with van der Waals surface area (Å²) in [5, 5.41) is 10.1. The molecule has 3 aromatic heterocycles. The van der Waals surface area contributed by atoms with Gasteiger partial charge in [0.15, 0.2) is 5.82 Å². The molecule has 0 bridgehead atoms. The van der Waals surface area contributed by atoms with Crippen LogP contribution in [0, 0.1) is 18.3 Å². The van der Waals surface area contributed by atoms with Crippen LogP contribution in [0.2, 0.25) is 0 Å². The molecular weight excluding hydrogens is 481 g/mol. The monoisotopic (exact) mass is 502 g/mol. The summed E-state index contributed by atoms with van der Waals surface area (Å²) in [4.78, 5) is 27.4. The summed E-state index contributed by atoms with van der Waals surface area (Å²) in [6, 6.07) is 8.04. The zero-order valence-corrected chi connectivity index (χ0v) is 20.0. The number of rotatable bonds is 4. The molecule has 35 heavy (non-hydrogen) atoms.